The standard InChI is InChI=1S/C24H22BrN3O4/c1-15-5-3-4-6-21(15)32-14-22(29)27-28-23(16-7-10-18(31-2)11-8-16)26-20-12-9-17(25)13-19(20)24(28)30/h3-13,23,26H,14H2,1-2H3,(H,27,29). The summed E-state index contributed by atoms with van der Waals surface area (Å²) in [4.78, 5) is 26.0. The van der Waals surface area contributed by atoms with Crippen molar-refractivity contribution in [2.45, 2.75) is 13.1 Å². The number of benzene rings is 3. The molecule has 0 fully saturated rings. The van der Waals surface area contributed by atoms with Gasteiger partial charge in [0.15, 0.2) is 6.61 Å². The monoisotopic (exact) mass is 495 g/mol. The number of carbonyl (C=O) groups is 2. The minimum atomic E-state index is -0.607. The summed E-state index contributed by atoms with van der Waals surface area (Å²) in [5, 5.41) is 4.63. The highest BCUT2D eigenvalue weighted by molar-refractivity contribution is 9.10. The first-order valence-corrected chi connectivity index (χ1v) is 10.8. The Morgan fingerprint density at radius 1 is 1.12 bits per heavy atom. The Balaban J connectivity index is 1.58. The second-order valence-corrected chi connectivity index (χ2v) is 8.19. The number of methoxy groups -OCH3 is 1. The summed E-state index contributed by atoms with van der Waals surface area (Å²) in [6.07, 6.45) is -0.607. The number of rotatable bonds is 6. The fourth-order valence-corrected chi connectivity index (χ4v) is 3.80. The molecular weight excluding hydrogens is 474 g/mol. The van der Waals surface area contributed by atoms with Crippen LogP contribution < -0.4 is 20.2 Å². The van der Waals surface area contributed by atoms with Gasteiger partial charge < -0.3 is 14.8 Å². The van der Waals surface area contributed by atoms with Crippen LogP contribution in [0.25, 0.3) is 0 Å². The number of para-hydroxylation sites is 1. The molecule has 0 radical (unpaired) electrons. The first-order valence-electron chi connectivity index (χ1n) is 9.98. The Hall–Kier alpha value is -3.52. The average molecular weight is 496 g/mol. The Kier molecular flexibility index (Phi) is 6.32. The summed E-state index contributed by atoms with van der Waals surface area (Å²) in [5.41, 5.74) is 5.54. The first kappa shape index (κ1) is 21.7. The van der Waals surface area contributed by atoms with Gasteiger partial charge >= 0.3 is 0 Å². The zero-order chi connectivity index (χ0) is 22.7. The van der Waals surface area contributed by atoms with Crippen molar-refractivity contribution in [1.82, 2.24) is 10.4 Å². The van der Waals surface area contributed by atoms with Crippen molar-refractivity contribution in [2.24, 2.45) is 0 Å². The smallest absolute Gasteiger partial charge is 0.276 e. The number of amides is 2. The van der Waals surface area contributed by atoms with Crippen molar-refractivity contribution in [3.05, 3.63) is 87.9 Å². The third-order valence-electron chi connectivity index (χ3n) is 5.11. The van der Waals surface area contributed by atoms with Gasteiger partial charge in [0.2, 0.25) is 0 Å². The molecule has 0 spiro atoms. The molecule has 7 nitrogen and oxygen atoms in total. The maximum atomic E-state index is 13.3. The fourth-order valence-electron chi connectivity index (χ4n) is 3.44. The maximum Gasteiger partial charge on any atom is 0.276 e. The van der Waals surface area contributed by atoms with Crippen LogP contribution in [-0.2, 0) is 4.79 Å². The van der Waals surface area contributed by atoms with Crippen LogP contribution in [0.15, 0.2) is 71.2 Å². The normalized spacial score (nSPS) is 14.9. The molecule has 0 saturated carbocycles. The number of fused-ring (bicyclic) bond motifs is 1. The van der Waals surface area contributed by atoms with Crippen molar-refractivity contribution in [1.29, 1.82) is 0 Å². The lowest BCUT2D eigenvalue weighted by Gasteiger charge is -2.37. The van der Waals surface area contributed by atoms with Crippen LogP contribution in [0.3, 0.4) is 0 Å². The second-order valence-electron chi connectivity index (χ2n) is 7.27. The van der Waals surface area contributed by atoms with Crippen molar-refractivity contribution >= 4 is 33.4 Å². The lowest BCUT2D eigenvalue weighted by molar-refractivity contribution is -0.127. The van der Waals surface area contributed by atoms with E-state index in [1.54, 1.807) is 31.4 Å². The first-order chi connectivity index (χ1) is 15.5. The van der Waals surface area contributed by atoms with Gasteiger partial charge in [-0.2, -0.15) is 0 Å². The topological polar surface area (TPSA) is 79.9 Å². The number of nitrogens with zero attached hydrogens (tertiary/aromatic N) is 1. The van der Waals surface area contributed by atoms with Gasteiger partial charge in [0, 0.05) is 10.2 Å². The van der Waals surface area contributed by atoms with Crippen molar-refractivity contribution in [3.8, 4) is 11.5 Å². The van der Waals surface area contributed by atoms with Gasteiger partial charge in [-0.3, -0.25) is 15.0 Å². The average Bonchev–Trinajstić information content (AvgIpc) is 2.80. The molecule has 2 amide bonds. The van der Waals surface area contributed by atoms with E-state index in [4.69, 9.17) is 9.47 Å². The van der Waals surface area contributed by atoms with Gasteiger partial charge in [-0.05, 0) is 54.4 Å². The molecule has 0 aromatic heterocycles. The number of nitrogens with one attached hydrogen (secondary N) is 2. The van der Waals surface area contributed by atoms with E-state index in [-0.39, 0.29) is 12.5 Å². The third kappa shape index (κ3) is 4.55. The molecule has 2 N–H and O–H groups in total. The summed E-state index contributed by atoms with van der Waals surface area (Å²) >= 11 is 3.40. The molecule has 0 saturated heterocycles. The summed E-state index contributed by atoms with van der Waals surface area (Å²) in [5.74, 6) is 0.541. The molecule has 1 atom stereocenters. The predicted octanol–water partition coefficient (Wildman–Crippen LogP) is 4.44. The van der Waals surface area contributed by atoms with E-state index in [9.17, 15) is 9.59 Å². The van der Waals surface area contributed by atoms with Crippen LogP contribution in [-0.4, -0.2) is 30.5 Å². The van der Waals surface area contributed by atoms with Gasteiger partial charge in [-0.1, -0.05) is 46.3 Å². The molecular formula is C24H22BrN3O4. The highest BCUT2D eigenvalue weighted by Crippen LogP contribution is 2.34. The van der Waals surface area contributed by atoms with Crippen LogP contribution in [0.1, 0.15) is 27.7 Å². The molecule has 164 valence electrons. The van der Waals surface area contributed by atoms with Crippen LogP contribution in [0.4, 0.5) is 5.69 Å². The number of anilines is 1. The van der Waals surface area contributed by atoms with E-state index in [0.29, 0.717) is 22.7 Å². The van der Waals surface area contributed by atoms with Crippen LogP contribution >= 0.6 is 15.9 Å². The Morgan fingerprint density at radius 2 is 1.88 bits per heavy atom. The van der Waals surface area contributed by atoms with Gasteiger partial charge in [-0.15, -0.1) is 0 Å². The van der Waals surface area contributed by atoms with Gasteiger partial charge in [-0.25, -0.2) is 5.01 Å². The Morgan fingerprint density at radius 3 is 2.59 bits per heavy atom. The molecule has 1 aliphatic rings. The largest absolute Gasteiger partial charge is 0.497 e. The lowest BCUT2D eigenvalue weighted by Crippen LogP contribution is -2.53. The van der Waals surface area contributed by atoms with E-state index in [0.717, 1.165) is 15.6 Å². The van der Waals surface area contributed by atoms with E-state index >= 15 is 0 Å². The van der Waals surface area contributed by atoms with Gasteiger partial charge in [0.25, 0.3) is 11.8 Å². The maximum absolute atomic E-state index is 13.3. The number of halogens is 1. The number of hydrazine groups is 1. The van der Waals surface area contributed by atoms with E-state index in [2.05, 4.69) is 26.7 Å². The molecule has 3 aromatic rings. The molecule has 32 heavy (non-hydrogen) atoms. The summed E-state index contributed by atoms with van der Waals surface area (Å²) in [7, 11) is 1.59. The van der Waals surface area contributed by atoms with Crippen molar-refractivity contribution in [2.75, 3.05) is 19.0 Å². The summed E-state index contributed by atoms with van der Waals surface area (Å²) in [6, 6.07) is 20.1. The molecule has 3 aromatic carbocycles. The summed E-state index contributed by atoms with van der Waals surface area (Å²) in [6.45, 7) is 1.68. The van der Waals surface area contributed by atoms with Gasteiger partial charge in [0.1, 0.15) is 17.7 Å². The molecule has 4 rings (SSSR count). The molecule has 0 aliphatic carbocycles. The quantitative estimate of drug-likeness (QED) is 0.528. The van der Waals surface area contributed by atoms with Crippen molar-refractivity contribution < 1.29 is 19.1 Å². The minimum absolute atomic E-state index is 0.227. The van der Waals surface area contributed by atoms with E-state index in [1.165, 1.54) is 5.01 Å². The molecule has 0 bridgehead atoms. The number of hydrogen-bond acceptors (Lipinski definition) is 5. The number of carbonyl (C=O) groups excluding carboxylic acids is 2. The molecule has 1 unspecified atom stereocenters. The number of hydrogen-bond donors (Lipinski definition) is 2. The Bertz CT molecular complexity index is 1150. The molecule has 1 heterocycles. The third-order valence-corrected chi connectivity index (χ3v) is 5.60. The van der Waals surface area contributed by atoms with Crippen LogP contribution in [0.2, 0.25) is 0 Å². The molecule has 1 aliphatic heterocycles. The minimum Gasteiger partial charge on any atom is -0.497 e. The predicted molar refractivity (Wildman–Crippen MR) is 124 cm³/mol. The second kappa shape index (κ2) is 9.32. The highest BCUT2D eigenvalue weighted by atomic mass is 79.9. The van der Waals surface area contributed by atoms with E-state index in [1.807, 2.05) is 49.4 Å². The fraction of sp³-hybridized carbons (Fsp3) is 0.167. The SMILES string of the molecule is COc1ccc(C2Nc3ccc(Br)cc3C(=O)N2NC(=O)COc2ccccc2C)cc1. The van der Waals surface area contributed by atoms with Crippen LogP contribution in [0, 0.1) is 6.92 Å². The highest BCUT2D eigenvalue weighted by Gasteiger charge is 2.34. The zero-order valence-corrected chi connectivity index (χ0v) is 19.2. The lowest BCUT2D eigenvalue weighted by atomic mass is 10.0. The Labute approximate surface area is 194 Å². The zero-order valence-electron chi connectivity index (χ0n) is 17.6. The van der Waals surface area contributed by atoms with E-state index < -0.39 is 12.1 Å². The van der Waals surface area contributed by atoms with Crippen molar-refractivity contribution in [3.63, 3.8) is 0 Å². The van der Waals surface area contributed by atoms with Gasteiger partial charge in [0.05, 0.1) is 12.7 Å². The number of ether oxygens (including phenoxy) is 2. The molecule has 8 heteroatoms. The number of aryl methyl sites for hydroxylation is 1. The van der Waals surface area contributed by atoms with Crippen LogP contribution in [0.5, 0.6) is 11.5 Å². The summed E-state index contributed by atoms with van der Waals surface area (Å²) < 4.78 is 11.6.